The molecule has 2 aromatic rings. The molecule has 2 aromatic carbocycles. The molecule has 2 rings (SSSR count). The highest BCUT2D eigenvalue weighted by molar-refractivity contribution is 14.1. The molecule has 0 spiro atoms. The molecule has 0 fully saturated rings. The minimum absolute atomic E-state index is 0.118. The van der Waals surface area contributed by atoms with Gasteiger partial charge >= 0.3 is 0 Å². The Balaban J connectivity index is 2.50. The summed E-state index contributed by atoms with van der Waals surface area (Å²) in [6, 6.07) is 14.5. The predicted molar refractivity (Wildman–Crippen MR) is 94.2 cm³/mol. The molecule has 0 saturated heterocycles. The third-order valence-electron chi connectivity index (χ3n) is 3.33. The Morgan fingerprint density at radius 2 is 1.67 bits per heavy atom. The highest BCUT2D eigenvalue weighted by Gasteiger charge is 2.17. The van der Waals surface area contributed by atoms with Crippen LogP contribution in [0.3, 0.4) is 0 Å². The second kappa shape index (κ2) is 7.66. The maximum atomic E-state index is 5.38. The first kappa shape index (κ1) is 16.1. The van der Waals surface area contributed by atoms with Gasteiger partial charge in [0, 0.05) is 9.64 Å². The number of halogens is 1. The number of benzene rings is 2. The van der Waals surface area contributed by atoms with Gasteiger partial charge in [-0.1, -0.05) is 25.1 Å². The van der Waals surface area contributed by atoms with Crippen molar-refractivity contribution < 1.29 is 9.47 Å². The Bertz CT molecular complexity index is 579. The molecule has 1 atom stereocenters. The SMILES string of the molecule is CCNC(c1cc(OC)cc(OC)c1)c1ccccc1I. The number of nitrogens with one attached hydrogen (secondary N) is 1. The first-order valence-electron chi connectivity index (χ1n) is 6.90. The van der Waals surface area contributed by atoms with E-state index >= 15 is 0 Å². The van der Waals surface area contributed by atoms with Crippen LogP contribution in [0.4, 0.5) is 0 Å². The van der Waals surface area contributed by atoms with Crippen LogP contribution in [0.1, 0.15) is 24.1 Å². The van der Waals surface area contributed by atoms with Gasteiger partial charge in [0.15, 0.2) is 0 Å². The summed E-state index contributed by atoms with van der Waals surface area (Å²) in [5, 5.41) is 3.54. The maximum Gasteiger partial charge on any atom is 0.122 e. The van der Waals surface area contributed by atoms with Gasteiger partial charge < -0.3 is 14.8 Å². The second-order valence-electron chi connectivity index (χ2n) is 4.66. The molecule has 0 aliphatic rings. The Hall–Kier alpha value is -1.27. The molecule has 1 unspecified atom stereocenters. The minimum Gasteiger partial charge on any atom is -0.497 e. The van der Waals surface area contributed by atoms with E-state index < -0.39 is 0 Å². The molecule has 112 valence electrons. The lowest BCUT2D eigenvalue weighted by atomic mass is 9.98. The van der Waals surface area contributed by atoms with E-state index in [2.05, 4.69) is 71.2 Å². The molecule has 4 heteroatoms. The zero-order valence-corrected chi connectivity index (χ0v) is 14.7. The lowest BCUT2D eigenvalue weighted by Gasteiger charge is -2.21. The van der Waals surface area contributed by atoms with Crippen LogP contribution in [0.25, 0.3) is 0 Å². The second-order valence-corrected chi connectivity index (χ2v) is 5.82. The molecule has 3 nitrogen and oxygen atoms in total. The summed E-state index contributed by atoms with van der Waals surface area (Å²) >= 11 is 2.38. The third kappa shape index (κ3) is 3.89. The van der Waals surface area contributed by atoms with E-state index in [1.807, 2.05) is 6.07 Å². The summed E-state index contributed by atoms with van der Waals surface area (Å²) in [4.78, 5) is 0. The van der Waals surface area contributed by atoms with Crippen LogP contribution in [-0.2, 0) is 0 Å². The monoisotopic (exact) mass is 397 g/mol. The summed E-state index contributed by atoms with van der Waals surface area (Å²) in [5.41, 5.74) is 2.40. The zero-order chi connectivity index (χ0) is 15.2. The van der Waals surface area contributed by atoms with E-state index in [-0.39, 0.29) is 6.04 Å². The summed E-state index contributed by atoms with van der Waals surface area (Å²) in [6.45, 7) is 3.00. The molecule has 0 bridgehead atoms. The fourth-order valence-electron chi connectivity index (χ4n) is 2.32. The van der Waals surface area contributed by atoms with E-state index in [9.17, 15) is 0 Å². The molecular formula is C17H20INO2. The highest BCUT2D eigenvalue weighted by atomic mass is 127. The average molecular weight is 397 g/mol. The van der Waals surface area contributed by atoms with E-state index in [4.69, 9.17) is 9.47 Å². The van der Waals surface area contributed by atoms with Crippen molar-refractivity contribution >= 4 is 22.6 Å². The van der Waals surface area contributed by atoms with Crippen molar-refractivity contribution in [3.63, 3.8) is 0 Å². The van der Waals surface area contributed by atoms with E-state index in [1.54, 1.807) is 14.2 Å². The highest BCUT2D eigenvalue weighted by Crippen LogP contribution is 2.31. The fraction of sp³-hybridized carbons (Fsp3) is 0.294. The first-order valence-corrected chi connectivity index (χ1v) is 7.98. The fourth-order valence-corrected chi connectivity index (χ4v) is 3.02. The van der Waals surface area contributed by atoms with Crippen molar-refractivity contribution in [2.24, 2.45) is 0 Å². The van der Waals surface area contributed by atoms with E-state index in [0.717, 1.165) is 23.6 Å². The van der Waals surface area contributed by atoms with Crippen molar-refractivity contribution in [2.75, 3.05) is 20.8 Å². The molecule has 0 aromatic heterocycles. The predicted octanol–water partition coefficient (Wildman–Crippen LogP) is 4.01. The molecule has 0 saturated carbocycles. The van der Waals surface area contributed by atoms with Gasteiger partial charge in [-0.05, 0) is 58.5 Å². The van der Waals surface area contributed by atoms with Crippen molar-refractivity contribution in [1.29, 1.82) is 0 Å². The van der Waals surface area contributed by atoms with Crippen LogP contribution in [0.5, 0.6) is 11.5 Å². The van der Waals surface area contributed by atoms with Crippen LogP contribution < -0.4 is 14.8 Å². The van der Waals surface area contributed by atoms with Crippen LogP contribution >= 0.6 is 22.6 Å². The van der Waals surface area contributed by atoms with Gasteiger partial charge in [0.25, 0.3) is 0 Å². The summed E-state index contributed by atoms with van der Waals surface area (Å²) < 4.78 is 12.0. The van der Waals surface area contributed by atoms with Crippen molar-refractivity contribution in [3.8, 4) is 11.5 Å². The number of rotatable bonds is 6. The summed E-state index contributed by atoms with van der Waals surface area (Å²) in [5.74, 6) is 1.61. The topological polar surface area (TPSA) is 30.5 Å². The van der Waals surface area contributed by atoms with Crippen molar-refractivity contribution in [3.05, 3.63) is 57.2 Å². The van der Waals surface area contributed by atoms with Crippen LogP contribution in [0, 0.1) is 3.57 Å². The molecule has 0 radical (unpaired) electrons. The van der Waals surface area contributed by atoms with Crippen molar-refractivity contribution in [2.45, 2.75) is 13.0 Å². The first-order chi connectivity index (χ1) is 10.2. The zero-order valence-electron chi connectivity index (χ0n) is 12.5. The summed E-state index contributed by atoms with van der Waals surface area (Å²) in [6.07, 6.45) is 0. The normalized spacial score (nSPS) is 12.0. The Kier molecular flexibility index (Phi) is 5.87. The third-order valence-corrected chi connectivity index (χ3v) is 4.31. The van der Waals surface area contributed by atoms with Crippen LogP contribution in [-0.4, -0.2) is 20.8 Å². The van der Waals surface area contributed by atoms with Gasteiger partial charge in [-0.3, -0.25) is 0 Å². The molecule has 0 aliphatic carbocycles. The summed E-state index contributed by atoms with van der Waals surface area (Å²) in [7, 11) is 3.35. The molecule has 21 heavy (non-hydrogen) atoms. The van der Waals surface area contributed by atoms with Gasteiger partial charge in [0.1, 0.15) is 11.5 Å². The largest absolute Gasteiger partial charge is 0.497 e. The van der Waals surface area contributed by atoms with Gasteiger partial charge in [-0.15, -0.1) is 0 Å². The van der Waals surface area contributed by atoms with Crippen LogP contribution in [0.15, 0.2) is 42.5 Å². The number of hydrogen-bond acceptors (Lipinski definition) is 3. The van der Waals surface area contributed by atoms with Gasteiger partial charge in [-0.25, -0.2) is 0 Å². The van der Waals surface area contributed by atoms with E-state index in [1.165, 1.54) is 9.13 Å². The van der Waals surface area contributed by atoms with Gasteiger partial charge in [-0.2, -0.15) is 0 Å². The minimum atomic E-state index is 0.118. The lowest BCUT2D eigenvalue weighted by molar-refractivity contribution is 0.392. The molecule has 1 N–H and O–H groups in total. The van der Waals surface area contributed by atoms with E-state index in [0.29, 0.717) is 0 Å². The molecule has 0 heterocycles. The standard InChI is InChI=1S/C17H20INO2/c1-4-19-17(15-7-5-6-8-16(15)18)12-9-13(20-2)11-14(10-12)21-3/h5-11,17,19H,4H2,1-3H3. The van der Waals surface area contributed by atoms with Gasteiger partial charge in [0.2, 0.25) is 0 Å². The number of methoxy groups -OCH3 is 2. The smallest absolute Gasteiger partial charge is 0.122 e. The van der Waals surface area contributed by atoms with Crippen molar-refractivity contribution in [1.82, 2.24) is 5.32 Å². The Labute approximate surface area is 139 Å². The molecular weight excluding hydrogens is 377 g/mol. The Morgan fingerprint density at radius 1 is 1.05 bits per heavy atom. The number of ether oxygens (including phenoxy) is 2. The lowest BCUT2D eigenvalue weighted by Crippen LogP contribution is -2.23. The quantitative estimate of drug-likeness (QED) is 0.748. The van der Waals surface area contributed by atoms with Gasteiger partial charge in [0.05, 0.1) is 20.3 Å². The van der Waals surface area contributed by atoms with Crippen LogP contribution in [0.2, 0.25) is 0 Å². The average Bonchev–Trinajstić information content (AvgIpc) is 2.53. The number of hydrogen-bond donors (Lipinski definition) is 1. The maximum absolute atomic E-state index is 5.38. The molecule has 0 aliphatic heterocycles. The Morgan fingerprint density at radius 3 is 2.19 bits per heavy atom. The molecule has 0 amide bonds.